The Balaban J connectivity index is 1.69. The molecule has 2 heterocycles. The van der Waals surface area contributed by atoms with Crippen LogP contribution in [0.5, 0.6) is 0 Å². The molecule has 0 bridgehead atoms. The number of ether oxygens (including phenoxy) is 1. The summed E-state index contributed by atoms with van der Waals surface area (Å²) in [6, 6.07) is 13.2. The van der Waals surface area contributed by atoms with Crippen LogP contribution in [0.1, 0.15) is 11.8 Å². The number of H-pyrrole nitrogens is 1. The summed E-state index contributed by atoms with van der Waals surface area (Å²) in [4.78, 5) is 43.5. The number of carbonyl (C=O) groups excluding carboxylic acids is 1. The third kappa shape index (κ3) is 3.94. The number of carbonyl (C=O) groups is 1. The fourth-order valence-corrected chi connectivity index (χ4v) is 3.77. The molecule has 11 heteroatoms. The number of nitrogens with one attached hydrogen (secondary N) is 1. The van der Waals surface area contributed by atoms with Crippen molar-refractivity contribution in [2.24, 2.45) is 0 Å². The average Bonchev–Trinajstić information content (AvgIpc) is 3.12. The number of aromatic amines is 1. The Hall–Kier alpha value is -3.38. The number of amides is 1. The van der Waals surface area contributed by atoms with E-state index in [9.17, 15) is 29.1 Å². The van der Waals surface area contributed by atoms with Gasteiger partial charge in [0.1, 0.15) is 17.9 Å². The number of halogens is 1. The summed E-state index contributed by atoms with van der Waals surface area (Å²) in [7, 11) is 0. The van der Waals surface area contributed by atoms with E-state index in [1.54, 1.807) is 6.07 Å². The molecule has 32 heavy (non-hydrogen) atoms. The molecule has 0 aliphatic carbocycles. The number of rotatable bonds is 7. The zero-order valence-electron chi connectivity index (χ0n) is 16.6. The molecule has 3 N–H and O–H groups in total. The van der Waals surface area contributed by atoms with Crippen molar-refractivity contribution in [3.05, 3.63) is 75.1 Å². The van der Waals surface area contributed by atoms with Crippen molar-refractivity contribution in [1.82, 2.24) is 9.55 Å². The number of anilines is 1. The zero-order valence-corrected chi connectivity index (χ0v) is 16.6. The predicted molar refractivity (Wildman–Crippen MR) is 111 cm³/mol. The van der Waals surface area contributed by atoms with Crippen molar-refractivity contribution in [1.29, 1.82) is 0 Å². The summed E-state index contributed by atoms with van der Waals surface area (Å²) in [6.45, 7) is -0.628. The molecular formula is C21H20FN3O7. The Labute approximate surface area is 179 Å². The fourth-order valence-electron chi connectivity index (χ4n) is 3.77. The molecule has 0 unspecified atom stereocenters. The van der Waals surface area contributed by atoms with Gasteiger partial charge in [-0.25, -0.2) is 4.79 Å². The fraction of sp³-hybridized carbons (Fsp3) is 0.286. The van der Waals surface area contributed by atoms with Gasteiger partial charge in [0.15, 0.2) is 12.3 Å². The molecule has 168 valence electrons. The smallest absolute Gasteiger partial charge is 0.330 e. The normalized spacial score (nSPS) is 22.8. The summed E-state index contributed by atoms with van der Waals surface area (Å²) in [5.74, 6) is 0. The molecule has 4 rings (SSSR count). The van der Waals surface area contributed by atoms with Gasteiger partial charge >= 0.3 is 5.69 Å². The van der Waals surface area contributed by atoms with Gasteiger partial charge in [0, 0.05) is 6.20 Å². The van der Waals surface area contributed by atoms with Gasteiger partial charge in [-0.1, -0.05) is 36.4 Å². The van der Waals surface area contributed by atoms with Crippen molar-refractivity contribution < 1.29 is 29.2 Å². The molecule has 0 radical (unpaired) electrons. The lowest BCUT2D eigenvalue weighted by molar-refractivity contribution is -0.221. The first-order valence-corrected chi connectivity index (χ1v) is 9.73. The van der Waals surface area contributed by atoms with E-state index in [0.717, 1.165) is 32.0 Å². The standard InChI is InChI=1S/C21H20FN3O7/c22-32-18-17(28)16(10-26)31-20(18)25-9-15(19(29)23-21(25)30)24(11-27)8-12-5-6-13-3-1-2-4-14(13)7-12/h1-7,9,11,16-18,20,26,28H,8,10H2,(H,23,29,30)/t16-,17+,18-,20-/m1/s1. The number of hydrogen-bond acceptors (Lipinski definition) is 7. The highest BCUT2D eigenvalue weighted by Gasteiger charge is 2.47. The minimum Gasteiger partial charge on any atom is -0.394 e. The monoisotopic (exact) mass is 445 g/mol. The van der Waals surface area contributed by atoms with E-state index in [-0.39, 0.29) is 12.2 Å². The summed E-state index contributed by atoms with van der Waals surface area (Å²) >= 11 is 0. The SMILES string of the molecule is O=CN(Cc1ccc2ccccc2c1)c1cn([C@@H]2O[C@H](CO)[C@H](O)[C@H]2OF)c(=O)[nH]c1=O. The Morgan fingerprint density at radius 2 is 1.97 bits per heavy atom. The van der Waals surface area contributed by atoms with Crippen LogP contribution in [0.2, 0.25) is 0 Å². The lowest BCUT2D eigenvalue weighted by Gasteiger charge is -2.21. The molecule has 1 amide bonds. The molecular weight excluding hydrogens is 425 g/mol. The van der Waals surface area contributed by atoms with Gasteiger partial charge in [-0.15, -0.1) is 0 Å². The second kappa shape index (κ2) is 9.01. The van der Waals surface area contributed by atoms with Crippen molar-refractivity contribution >= 4 is 22.9 Å². The van der Waals surface area contributed by atoms with E-state index < -0.39 is 42.4 Å². The maximum Gasteiger partial charge on any atom is 0.330 e. The maximum absolute atomic E-state index is 13.1. The largest absolute Gasteiger partial charge is 0.394 e. The van der Waals surface area contributed by atoms with Crippen LogP contribution in [-0.2, 0) is 21.0 Å². The third-order valence-electron chi connectivity index (χ3n) is 5.42. The van der Waals surface area contributed by atoms with Gasteiger partial charge in [-0.3, -0.25) is 19.1 Å². The van der Waals surface area contributed by atoms with E-state index in [1.807, 2.05) is 36.4 Å². The van der Waals surface area contributed by atoms with Gasteiger partial charge < -0.3 is 19.8 Å². The molecule has 3 aromatic rings. The first-order valence-electron chi connectivity index (χ1n) is 9.73. The molecule has 0 spiro atoms. The van der Waals surface area contributed by atoms with Crippen molar-refractivity contribution in [2.75, 3.05) is 11.5 Å². The Morgan fingerprint density at radius 3 is 2.66 bits per heavy atom. The number of aliphatic hydroxyl groups is 2. The van der Waals surface area contributed by atoms with Gasteiger partial charge in [0.2, 0.25) is 6.41 Å². The van der Waals surface area contributed by atoms with E-state index in [2.05, 4.69) is 9.93 Å². The Kier molecular flexibility index (Phi) is 6.15. The molecule has 1 aliphatic rings. The Bertz CT molecular complexity index is 1240. The van der Waals surface area contributed by atoms with E-state index >= 15 is 0 Å². The highest BCUT2D eigenvalue weighted by atomic mass is 19.3. The van der Waals surface area contributed by atoms with Crippen molar-refractivity contribution in [2.45, 2.75) is 31.1 Å². The van der Waals surface area contributed by atoms with E-state index in [1.165, 1.54) is 0 Å². The van der Waals surface area contributed by atoms with Gasteiger partial charge in [-0.05, 0) is 26.9 Å². The number of aliphatic hydroxyl groups excluding tert-OH is 2. The highest BCUT2D eigenvalue weighted by molar-refractivity contribution is 5.83. The number of benzene rings is 2. The molecule has 10 nitrogen and oxygen atoms in total. The molecule has 1 aromatic heterocycles. The molecule has 1 fully saturated rings. The van der Waals surface area contributed by atoms with Crippen LogP contribution in [-0.4, -0.2) is 51.1 Å². The predicted octanol–water partition coefficient (Wildman–Crippen LogP) is 0.373. The molecule has 4 atom stereocenters. The van der Waals surface area contributed by atoms with E-state index in [0.29, 0.717) is 6.41 Å². The van der Waals surface area contributed by atoms with Gasteiger partial charge in [0.25, 0.3) is 5.56 Å². The molecule has 2 aromatic carbocycles. The lowest BCUT2D eigenvalue weighted by atomic mass is 10.1. The first-order chi connectivity index (χ1) is 15.5. The molecule has 1 saturated heterocycles. The second-order valence-corrected chi connectivity index (χ2v) is 7.39. The molecule has 1 aliphatic heterocycles. The first kappa shape index (κ1) is 21.8. The van der Waals surface area contributed by atoms with Crippen LogP contribution in [0, 0.1) is 0 Å². The second-order valence-electron chi connectivity index (χ2n) is 7.39. The molecule has 0 saturated carbocycles. The topological polar surface area (TPSA) is 134 Å². The third-order valence-corrected chi connectivity index (χ3v) is 5.42. The highest BCUT2D eigenvalue weighted by Crippen LogP contribution is 2.31. The lowest BCUT2D eigenvalue weighted by Crippen LogP contribution is -2.40. The van der Waals surface area contributed by atoms with Crippen LogP contribution < -0.4 is 16.1 Å². The van der Waals surface area contributed by atoms with Gasteiger partial charge in [0.05, 0.1) is 13.2 Å². The number of nitrogens with zero attached hydrogens (tertiary/aromatic N) is 2. The summed E-state index contributed by atoms with van der Waals surface area (Å²) < 4.78 is 19.2. The van der Waals surface area contributed by atoms with Crippen LogP contribution in [0.4, 0.5) is 10.2 Å². The Morgan fingerprint density at radius 1 is 1.22 bits per heavy atom. The quantitative estimate of drug-likeness (QED) is 0.448. The summed E-state index contributed by atoms with van der Waals surface area (Å²) in [5, 5.41) is 21.3. The summed E-state index contributed by atoms with van der Waals surface area (Å²) in [6.07, 6.45) is -4.42. The van der Waals surface area contributed by atoms with Crippen molar-refractivity contribution in [3.8, 4) is 0 Å². The van der Waals surface area contributed by atoms with Crippen LogP contribution in [0.15, 0.2) is 58.3 Å². The van der Waals surface area contributed by atoms with Crippen LogP contribution >= 0.6 is 0 Å². The van der Waals surface area contributed by atoms with E-state index in [4.69, 9.17) is 4.74 Å². The maximum atomic E-state index is 13.1. The van der Waals surface area contributed by atoms with Gasteiger partial charge in [-0.2, -0.15) is 4.94 Å². The minimum absolute atomic E-state index is 0.0199. The van der Waals surface area contributed by atoms with Crippen LogP contribution in [0.25, 0.3) is 10.8 Å². The average molecular weight is 445 g/mol. The number of aromatic nitrogens is 2. The summed E-state index contributed by atoms with van der Waals surface area (Å²) in [5.41, 5.74) is -1.27. The van der Waals surface area contributed by atoms with Crippen LogP contribution in [0.3, 0.4) is 0 Å². The van der Waals surface area contributed by atoms with Crippen molar-refractivity contribution in [3.63, 3.8) is 0 Å². The minimum atomic E-state index is -1.63. The number of fused-ring (bicyclic) bond motifs is 1. The number of hydrogen-bond donors (Lipinski definition) is 3. The zero-order chi connectivity index (χ0) is 22.8.